The molecule has 1 N–H and O–H groups in total. The standard InChI is InChI=1S/C16H15F2NO4/c1-2-19(9-14(20)21)15(22)12-7-10-5-3-4-6-11(10)8-13(12)23-16(17)18/h3-8,16H,2,9H2,1H3,(H,20,21). The molecule has 5 nitrogen and oxygen atoms in total. The first-order chi connectivity index (χ1) is 10.9. The van der Waals surface area contributed by atoms with E-state index in [1.807, 2.05) is 0 Å². The average Bonchev–Trinajstić information content (AvgIpc) is 2.50. The fraction of sp³-hybridized carbons (Fsp3) is 0.250. The van der Waals surface area contributed by atoms with Gasteiger partial charge in [-0.05, 0) is 29.8 Å². The molecule has 2 aromatic carbocycles. The topological polar surface area (TPSA) is 66.8 Å². The predicted molar refractivity (Wildman–Crippen MR) is 79.8 cm³/mol. The minimum Gasteiger partial charge on any atom is -0.480 e. The van der Waals surface area contributed by atoms with Crippen molar-refractivity contribution in [1.82, 2.24) is 4.90 Å². The van der Waals surface area contributed by atoms with Gasteiger partial charge in [0.05, 0.1) is 5.56 Å². The summed E-state index contributed by atoms with van der Waals surface area (Å²) in [5.74, 6) is -2.12. The van der Waals surface area contributed by atoms with Gasteiger partial charge in [-0.3, -0.25) is 9.59 Å². The fourth-order valence-electron chi connectivity index (χ4n) is 2.24. The number of amides is 1. The van der Waals surface area contributed by atoms with Gasteiger partial charge in [-0.1, -0.05) is 24.3 Å². The van der Waals surface area contributed by atoms with Gasteiger partial charge in [0.25, 0.3) is 5.91 Å². The van der Waals surface area contributed by atoms with E-state index >= 15 is 0 Å². The van der Waals surface area contributed by atoms with Crippen LogP contribution in [0.2, 0.25) is 0 Å². The number of carbonyl (C=O) groups is 2. The quantitative estimate of drug-likeness (QED) is 0.887. The Bertz CT molecular complexity index is 733. The Hall–Kier alpha value is -2.70. The summed E-state index contributed by atoms with van der Waals surface area (Å²) < 4.78 is 29.7. The number of carboxylic acids is 1. The van der Waals surface area contributed by atoms with E-state index in [-0.39, 0.29) is 17.9 Å². The maximum Gasteiger partial charge on any atom is 0.387 e. The highest BCUT2D eigenvalue weighted by Crippen LogP contribution is 2.28. The molecule has 0 fully saturated rings. The second kappa shape index (κ2) is 7.04. The molecule has 0 heterocycles. The van der Waals surface area contributed by atoms with E-state index in [1.54, 1.807) is 31.2 Å². The maximum atomic E-state index is 12.6. The molecule has 0 aliphatic rings. The zero-order valence-corrected chi connectivity index (χ0v) is 12.3. The van der Waals surface area contributed by atoms with Crippen molar-refractivity contribution in [2.24, 2.45) is 0 Å². The van der Waals surface area contributed by atoms with Crippen LogP contribution in [-0.2, 0) is 4.79 Å². The number of rotatable bonds is 6. The summed E-state index contributed by atoms with van der Waals surface area (Å²) in [5, 5.41) is 10.2. The van der Waals surface area contributed by atoms with Crippen molar-refractivity contribution in [1.29, 1.82) is 0 Å². The number of halogens is 2. The van der Waals surface area contributed by atoms with E-state index in [0.29, 0.717) is 10.8 Å². The maximum absolute atomic E-state index is 12.6. The van der Waals surface area contributed by atoms with Crippen molar-refractivity contribution in [2.45, 2.75) is 13.5 Å². The van der Waals surface area contributed by atoms with Gasteiger partial charge in [0.2, 0.25) is 0 Å². The highest BCUT2D eigenvalue weighted by molar-refractivity contribution is 6.02. The molecule has 7 heteroatoms. The first-order valence-corrected chi connectivity index (χ1v) is 6.91. The second-order valence-corrected chi connectivity index (χ2v) is 4.79. The lowest BCUT2D eigenvalue weighted by Gasteiger charge is -2.20. The molecule has 23 heavy (non-hydrogen) atoms. The van der Waals surface area contributed by atoms with Crippen LogP contribution in [0.25, 0.3) is 10.8 Å². The van der Waals surface area contributed by atoms with Crippen LogP contribution in [0.1, 0.15) is 17.3 Å². The molecule has 1 amide bonds. The van der Waals surface area contributed by atoms with Crippen LogP contribution in [0, 0.1) is 0 Å². The fourth-order valence-corrected chi connectivity index (χ4v) is 2.24. The number of alkyl halides is 2. The van der Waals surface area contributed by atoms with E-state index in [9.17, 15) is 18.4 Å². The van der Waals surface area contributed by atoms with Gasteiger partial charge in [-0.25, -0.2) is 0 Å². The number of nitrogens with zero attached hydrogens (tertiary/aromatic N) is 1. The third-order valence-corrected chi connectivity index (χ3v) is 3.29. The summed E-state index contributed by atoms with van der Waals surface area (Å²) in [6.07, 6.45) is 0. The number of hydrogen-bond donors (Lipinski definition) is 1. The van der Waals surface area contributed by atoms with Gasteiger partial charge in [0.1, 0.15) is 12.3 Å². The third kappa shape index (κ3) is 3.94. The van der Waals surface area contributed by atoms with Crippen LogP contribution in [0.3, 0.4) is 0 Å². The lowest BCUT2D eigenvalue weighted by Crippen LogP contribution is -2.35. The zero-order chi connectivity index (χ0) is 17.0. The summed E-state index contributed by atoms with van der Waals surface area (Å²) in [6, 6.07) is 9.70. The number of hydrogen-bond acceptors (Lipinski definition) is 3. The van der Waals surface area contributed by atoms with Crippen LogP contribution < -0.4 is 4.74 Å². The monoisotopic (exact) mass is 323 g/mol. The molecule has 0 radical (unpaired) electrons. The van der Waals surface area contributed by atoms with Crippen LogP contribution in [-0.4, -0.2) is 41.6 Å². The van der Waals surface area contributed by atoms with Crippen molar-refractivity contribution in [3.8, 4) is 5.75 Å². The molecule has 0 unspecified atom stereocenters. The number of fused-ring (bicyclic) bond motifs is 1. The van der Waals surface area contributed by atoms with Crippen molar-refractivity contribution >= 4 is 22.6 Å². The molecule has 0 saturated carbocycles. The zero-order valence-electron chi connectivity index (χ0n) is 12.3. The summed E-state index contributed by atoms with van der Waals surface area (Å²) in [7, 11) is 0. The Morgan fingerprint density at radius 1 is 1.22 bits per heavy atom. The lowest BCUT2D eigenvalue weighted by molar-refractivity contribution is -0.137. The third-order valence-electron chi connectivity index (χ3n) is 3.29. The summed E-state index contributed by atoms with van der Waals surface area (Å²) in [5.41, 5.74) is -0.0906. The van der Waals surface area contributed by atoms with Crippen LogP contribution in [0.5, 0.6) is 5.75 Å². The summed E-state index contributed by atoms with van der Waals surface area (Å²) in [6.45, 7) is -1.87. The molecule has 2 aromatic rings. The Balaban J connectivity index is 2.51. The van der Waals surface area contributed by atoms with E-state index in [4.69, 9.17) is 5.11 Å². The van der Waals surface area contributed by atoms with Gasteiger partial charge >= 0.3 is 12.6 Å². The predicted octanol–water partition coefficient (Wildman–Crippen LogP) is 2.99. The van der Waals surface area contributed by atoms with Crippen LogP contribution in [0.15, 0.2) is 36.4 Å². The highest BCUT2D eigenvalue weighted by atomic mass is 19.3. The molecule has 0 aromatic heterocycles. The van der Waals surface area contributed by atoms with Gasteiger partial charge in [-0.2, -0.15) is 8.78 Å². The van der Waals surface area contributed by atoms with E-state index in [2.05, 4.69) is 4.74 Å². The normalized spacial score (nSPS) is 10.8. The Morgan fingerprint density at radius 2 is 1.83 bits per heavy atom. The Morgan fingerprint density at radius 3 is 2.35 bits per heavy atom. The first kappa shape index (κ1) is 16.7. The Kier molecular flexibility index (Phi) is 5.10. The number of ether oxygens (including phenoxy) is 1. The van der Waals surface area contributed by atoms with Crippen molar-refractivity contribution in [2.75, 3.05) is 13.1 Å². The van der Waals surface area contributed by atoms with E-state index in [1.165, 1.54) is 12.1 Å². The van der Waals surface area contributed by atoms with Gasteiger partial charge in [0.15, 0.2) is 0 Å². The number of benzene rings is 2. The number of carboxylic acid groups (broad SMARTS) is 1. The molecule has 0 atom stereocenters. The number of carbonyl (C=O) groups excluding carboxylic acids is 1. The SMILES string of the molecule is CCN(CC(=O)O)C(=O)c1cc2ccccc2cc1OC(F)F. The molecule has 0 aliphatic heterocycles. The number of aliphatic carboxylic acids is 1. The van der Waals surface area contributed by atoms with Crippen LogP contribution in [0.4, 0.5) is 8.78 Å². The van der Waals surface area contributed by atoms with Crippen LogP contribution >= 0.6 is 0 Å². The largest absolute Gasteiger partial charge is 0.480 e. The minimum atomic E-state index is -3.09. The smallest absolute Gasteiger partial charge is 0.387 e. The first-order valence-electron chi connectivity index (χ1n) is 6.91. The molecule has 2 rings (SSSR count). The van der Waals surface area contributed by atoms with E-state index in [0.717, 1.165) is 4.90 Å². The summed E-state index contributed by atoms with van der Waals surface area (Å²) in [4.78, 5) is 24.4. The summed E-state index contributed by atoms with van der Waals surface area (Å²) >= 11 is 0. The van der Waals surface area contributed by atoms with E-state index < -0.39 is 25.0 Å². The Labute approximate surface area is 131 Å². The molecule has 122 valence electrons. The molecular formula is C16H15F2NO4. The molecule has 0 aliphatic carbocycles. The second-order valence-electron chi connectivity index (χ2n) is 4.79. The van der Waals surface area contributed by atoms with Gasteiger partial charge < -0.3 is 14.7 Å². The molecular weight excluding hydrogens is 308 g/mol. The molecule has 0 saturated heterocycles. The van der Waals surface area contributed by atoms with Crippen molar-refractivity contribution in [3.05, 3.63) is 42.0 Å². The van der Waals surface area contributed by atoms with Gasteiger partial charge in [-0.15, -0.1) is 0 Å². The van der Waals surface area contributed by atoms with Crippen molar-refractivity contribution < 1.29 is 28.2 Å². The lowest BCUT2D eigenvalue weighted by atomic mass is 10.0. The highest BCUT2D eigenvalue weighted by Gasteiger charge is 2.22. The van der Waals surface area contributed by atoms with Gasteiger partial charge in [0, 0.05) is 6.54 Å². The molecule has 0 bridgehead atoms. The molecule has 0 spiro atoms. The average molecular weight is 323 g/mol. The number of likely N-dealkylation sites (N-methyl/N-ethyl adjacent to an activating group) is 1. The minimum absolute atomic E-state index is 0.0906. The van der Waals surface area contributed by atoms with Crippen molar-refractivity contribution in [3.63, 3.8) is 0 Å².